The molecule has 0 aliphatic carbocycles. The maximum Gasteiger partial charge on any atom is 0.334 e. The molecule has 2 aliphatic heterocycles. The van der Waals surface area contributed by atoms with E-state index in [9.17, 15) is 9.59 Å². The van der Waals surface area contributed by atoms with Crippen LogP contribution in [-0.2, 0) is 14.3 Å². The van der Waals surface area contributed by atoms with Gasteiger partial charge in [-0.25, -0.2) is 4.79 Å². The van der Waals surface area contributed by atoms with Crippen LogP contribution in [0.5, 0.6) is 0 Å². The molecule has 0 unspecified atom stereocenters. The van der Waals surface area contributed by atoms with Crippen LogP contribution >= 0.6 is 0 Å². The van der Waals surface area contributed by atoms with Gasteiger partial charge in [-0.2, -0.15) is 0 Å². The number of hydrogen-bond donors (Lipinski definition) is 3. The maximum absolute atomic E-state index is 11.1. The zero-order valence-electron chi connectivity index (χ0n) is 14.5. The zero-order valence-corrected chi connectivity index (χ0v) is 14.5. The Kier molecular flexibility index (Phi) is 5.82. The van der Waals surface area contributed by atoms with Gasteiger partial charge in [-0.05, 0) is 31.8 Å². The number of ether oxygens (including phenoxy) is 1. The van der Waals surface area contributed by atoms with E-state index in [4.69, 9.17) is 20.7 Å². The summed E-state index contributed by atoms with van der Waals surface area (Å²) in [5, 5.41) is 17.5. The van der Waals surface area contributed by atoms with Crippen LogP contribution in [0, 0.1) is 5.41 Å². The van der Waals surface area contributed by atoms with E-state index in [1.807, 2.05) is 0 Å². The molecule has 7 heteroatoms. The Hall–Kier alpha value is -1.60. The molecule has 2 saturated heterocycles. The SMILES string of the molecule is CC(C)(C)CC(C)(C)N.O=C(O)[C@H]1C(=CCO)O[C@@H]2CC(=O)N12. The van der Waals surface area contributed by atoms with Crippen molar-refractivity contribution in [2.45, 2.75) is 65.3 Å². The number of carboxylic acid groups (broad SMARTS) is 1. The first kappa shape index (κ1) is 19.4. The second-order valence-electron chi connectivity index (χ2n) is 7.83. The molecule has 2 atom stereocenters. The fourth-order valence-corrected chi connectivity index (χ4v) is 3.03. The van der Waals surface area contributed by atoms with E-state index in [1.54, 1.807) is 0 Å². The molecule has 2 fully saturated rings. The van der Waals surface area contributed by atoms with Crippen LogP contribution in [0.15, 0.2) is 11.8 Å². The highest BCUT2D eigenvalue weighted by Crippen LogP contribution is 2.36. The van der Waals surface area contributed by atoms with Crippen molar-refractivity contribution in [2.24, 2.45) is 11.1 Å². The Morgan fingerprint density at radius 2 is 1.96 bits per heavy atom. The van der Waals surface area contributed by atoms with E-state index in [2.05, 4.69) is 34.6 Å². The van der Waals surface area contributed by atoms with Crippen molar-refractivity contribution in [1.82, 2.24) is 4.90 Å². The van der Waals surface area contributed by atoms with Crippen LogP contribution in [0.3, 0.4) is 0 Å². The van der Waals surface area contributed by atoms with Crippen molar-refractivity contribution < 1.29 is 24.5 Å². The summed E-state index contributed by atoms with van der Waals surface area (Å²) in [5.74, 6) is -1.22. The van der Waals surface area contributed by atoms with Crippen LogP contribution in [0.25, 0.3) is 0 Å². The van der Waals surface area contributed by atoms with Crippen molar-refractivity contribution in [1.29, 1.82) is 0 Å². The van der Waals surface area contributed by atoms with Crippen molar-refractivity contribution in [3.8, 4) is 0 Å². The number of hydrogen-bond acceptors (Lipinski definition) is 5. The average Bonchev–Trinajstić information content (AvgIpc) is 2.58. The van der Waals surface area contributed by atoms with Gasteiger partial charge < -0.3 is 20.7 Å². The molecule has 23 heavy (non-hydrogen) atoms. The summed E-state index contributed by atoms with van der Waals surface area (Å²) in [4.78, 5) is 23.1. The molecule has 4 N–H and O–H groups in total. The first-order valence-corrected chi connectivity index (χ1v) is 7.66. The van der Waals surface area contributed by atoms with Crippen molar-refractivity contribution >= 4 is 11.9 Å². The van der Waals surface area contributed by atoms with Gasteiger partial charge in [0.1, 0.15) is 5.76 Å². The Labute approximate surface area is 137 Å². The minimum Gasteiger partial charge on any atom is -0.479 e. The molecule has 2 rings (SSSR count). The Morgan fingerprint density at radius 1 is 1.39 bits per heavy atom. The predicted molar refractivity (Wildman–Crippen MR) is 85.3 cm³/mol. The van der Waals surface area contributed by atoms with Crippen LogP contribution in [0.4, 0.5) is 0 Å². The first-order chi connectivity index (χ1) is 10.4. The number of carbonyl (C=O) groups excluding carboxylic acids is 1. The number of rotatable bonds is 3. The fourth-order valence-electron chi connectivity index (χ4n) is 3.03. The molecule has 2 aliphatic rings. The highest BCUT2D eigenvalue weighted by Gasteiger charge is 2.53. The van der Waals surface area contributed by atoms with E-state index in [-0.39, 0.29) is 30.2 Å². The van der Waals surface area contributed by atoms with Gasteiger partial charge in [-0.1, -0.05) is 20.8 Å². The van der Waals surface area contributed by atoms with Gasteiger partial charge >= 0.3 is 5.97 Å². The molecular weight excluding hydrogens is 300 g/mol. The normalized spacial score (nSPS) is 25.3. The van der Waals surface area contributed by atoms with Gasteiger partial charge in [0, 0.05) is 5.54 Å². The Bertz CT molecular complexity index is 476. The van der Waals surface area contributed by atoms with E-state index >= 15 is 0 Å². The van der Waals surface area contributed by atoms with Crippen molar-refractivity contribution in [3.63, 3.8) is 0 Å². The lowest BCUT2D eigenvalue weighted by Gasteiger charge is -2.33. The molecule has 1 amide bonds. The van der Waals surface area contributed by atoms with Crippen LogP contribution in [0.2, 0.25) is 0 Å². The fraction of sp³-hybridized carbons (Fsp3) is 0.750. The van der Waals surface area contributed by atoms with Gasteiger partial charge in [0.15, 0.2) is 12.3 Å². The number of fused-ring (bicyclic) bond motifs is 1. The maximum atomic E-state index is 11.1. The number of amides is 1. The number of aliphatic hydroxyl groups is 1. The highest BCUT2D eigenvalue weighted by atomic mass is 16.5. The summed E-state index contributed by atoms with van der Waals surface area (Å²) in [6, 6.07) is -1.06. The molecule has 0 bridgehead atoms. The minimum absolute atomic E-state index is 0.0156. The predicted octanol–water partition coefficient (Wildman–Crippen LogP) is 1.06. The van der Waals surface area contributed by atoms with Crippen LogP contribution < -0.4 is 5.73 Å². The van der Waals surface area contributed by atoms with Gasteiger partial charge in [-0.15, -0.1) is 0 Å². The number of nitrogens with two attached hydrogens (primary N) is 1. The zero-order chi connectivity index (χ0) is 18.0. The lowest BCUT2D eigenvalue weighted by atomic mass is 9.82. The quantitative estimate of drug-likeness (QED) is 0.668. The second-order valence-corrected chi connectivity index (χ2v) is 7.83. The molecule has 0 radical (unpaired) electrons. The van der Waals surface area contributed by atoms with Gasteiger partial charge in [-0.3, -0.25) is 9.69 Å². The molecular formula is C16H28N2O5. The molecule has 132 valence electrons. The molecule has 0 aromatic carbocycles. The summed E-state index contributed by atoms with van der Waals surface area (Å²) >= 11 is 0. The monoisotopic (exact) mass is 328 g/mol. The second kappa shape index (κ2) is 6.88. The van der Waals surface area contributed by atoms with E-state index in [0.29, 0.717) is 5.41 Å². The number of carboxylic acids is 1. The third kappa shape index (κ3) is 5.51. The molecule has 7 nitrogen and oxygen atoms in total. The molecule has 0 spiro atoms. The standard InChI is InChI=1S/C8H9NO5.C8H19N/c10-2-1-4-7(8(12)13)9-5(11)3-6(9)14-4;1-7(2,3)6-8(4,5)9/h1,6-7,10H,2-3H2,(H,12,13);6,9H2,1-5H3/t6-,7-;/m1./s1. The summed E-state index contributed by atoms with van der Waals surface area (Å²) in [6.07, 6.45) is 2.10. The largest absolute Gasteiger partial charge is 0.479 e. The molecule has 0 aromatic rings. The Balaban J connectivity index is 0.000000257. The lowest BCUT2D eigenvalue weighted by Crippen LogP contribution is -2.54. The number of nitrogens with zero attached hydrogens (tertiary/aromatic N) is 1. The van der Waals surface area contributed by atoms with Gasteiger partial charge in [0.2, 0.25) is 5.91 Å². The van der Waals surface area contributed by atoms with Crippen LogP contribution in [-0.4, -0.2) is 51.4 Å². The summed E-state index contributed by atoms with van der Waals surface area (Å²) in [6.45, 7) is 10.5. The van der Waals surface area contributed by atoms with Gasteiger partial charge in [0.05, 0.1) is 13.0 Å². The van der Waals surface area contributed by atoms with Crippen molar-refractivity contribution in [3.05, 3.63) is 11.8 Å². The lowest BCUT2D eigenvalue weighted by molar-refractivity contribution is -0.163. The molecule has 0 aromatic heterocycles. The van der Waals surface area contributed by atoms with E-state index < -0.39 is 18.2 Å². The highest BCUT2D eigenvalue weighted by molar-refractivity contribution is 5.91. The third-order valence-electron chi connectivity index (χ3n) is 3.28. The van der Waals surface area contributed by atoms with Crippen LogP contribution in [0.1, 0.15) is 47.5 Å². The van der Waals surface area contributed by atoms with E-state index in [0.717, 1.165) is 6.42 Å². The smallest absolute Gasteiger partial charge is 0.334 e. The Morgan fingerprint density at radius 3 is 2.26 bits per heavy atom. The van der Waals surface area contributed by atoms with Crippen molar-refractivity contribution in [2.75, 3.05) is 6.61 Å². The number of β-lactam (4-membered cyclic amide) rings is 1. The van der Waals surface area contributed by atoms with Gasteiger partial charge in [0.25, 0.3) is 0 Å². The average molecular weight is 328 g/mol. The molecule has 0 saturated carbocycles. The topological polar surface area (TPSA) is 113 Å². The summed E-state index contributed by atoms with van der Waals surface area (Å²) in [5.41, 5.74) is 6.17. The first-order valence-electron chi connectivity index (χ1n) is 7.66. The number of aliphatic carboxylic acids is 1. The number of aliphatic hydroxyl groups excluding tert-OH is 1. The summed E-state index contributed by atoms with van der Waals surface area (Å²) in [7, 11) is 0. The minimum atomic E-state index is -1.14. The molecule has 2 heterocycles. The summed E-state index contributed by atoms with van der Waals surface area (Å²) < 4.78 is 5.17. The number of carbonyl (C=O) groups is 2. The van der Waals surface area contributed by atoms with E-state index in [1.165, 1.54) is 11.0 Å². The third-order valence-corrected chi connectivity index (χ3v) is 3.28.